The van der Waals surface area contributed by atoms with Crippen LogP contribution in [0, 0.1) is 0 Å². The minimum atomic E-state index is -3.53. The largest absolute Gasteiger partial charge is 0.452 e. The summed E-state index contributed by atoms with van der Waals surface area (Å²) in [5.74, 6) is -1.09. The number of anilines is 1. The van der Waals surface area contributed by atoms with Crippen LogP contribution in [0.1, 0.15) is 36.0 Å². The number of nitrogens with zero attached hydrogens (tertiary/aromatic N) is 1. The van der Waals surface area contributed by atoms with Crippen LogP contribution in [0.25, 0.3) is 0 Å². The van der Waals surface area contributed by atoms with Crippen LogP contribution >= 0.6 is 0 Å². The molecule has 0 bridgehead atoms. The van der Waals surface area contributed by atoms with Gasteiger partial charge in [-0.15, -0.1) is 0 Å². The zero-order valence-electron chi connectivity index (χ0n) is 16.0. The molecule has 0 spiro atoms. The van der Waals surface area contributed by atoms with Crippen LogP contribution in [0.5, 0.6) is 0 Å². The van der Waals surface area contributed by atoms with E-state index in [0.717, 1.165) is 25.7 Å². The Kier molecular flexibility index (Phi) is 7.00. The van der Waals surface area contributed by atoms with Crippen LogP contribution in [-0.4, -0.2) is 44.3 Å². The predicted octanol–water partition coefficient (Wildman–Crippen LogP) is 3.05. The van der Waals surface area contributed by atoms with Gasteiger partial charge in [0.25, 0.3) is 5.91 Å². The number of carbonyl (C=O) groups excluding carboxylic acids is 2. The van der Waals surface area contributed by atoms with E-state index in [1.807, 2.05) is 0 Å². The molecule has 1 aliphatic heterocycles. The van der Waals surface area contributed by atoms with E-state index >= 15 is 0 Å². The third-order valence-electron chi connectivity index (χ3n) is 4.68. The predicted molar refractivity (Wildman–Crippen MR) is 109 cm³/mol. The Balaban J connectivity index is 1.55. The first-order chi connectivity index (χ1) is 14.0. The van der Waals surface area contributed by atoms with Gasteiger partial charge in [-0.05, 0) is 49.2 Å². The van der Waals surface area contributed by atoms with E-state index in [2.05, 4.69) is 5.32 Å². The van der Waals surface area contributed by atoms with Gasteiger partial charge in [-0.25, -0.2) is 13.2 Å². The fraction of sp³-hybridized carbons (Fsp3) is 0.333. The molecule has 2 aromatic rings. The van der Waals surface area contributed by atoms with Gasteiger partial charge in [0, 0.05) is 18.8 Å². The van der Waals surface area contributed by atoms with E-state index in [-0.39, 0.29) is 4.90 Å². The lowest BCUT2D eigenvalue weighted by Gasteiger charge is -2.20. The van der Waals surface area contributed by atoms with Gasteiger partial charge in [-0.2, -0.15) is 4.31 Å². The number of sulfonamides is 1. The number of hydrogen-bond acceptors (Lipinski definition) is 5. The van der Waals surface area contributed by atoms with Crippen LogP contribution < -0.4 is 5.32 Å². The van der Waals surface area contributed by atoms with Crippen molar-refractivity contribution in [1.82, 2.24) is 4.31 Å². The van der Waals surface area contributed by atoms with E-state index in [9.17, 15) is 18.0 Å². The molecule has 0 aromatic heterocycles. The second kappa shape index (κ2) is 9.67. The van der Waals surface area contributed by atoms with Gasteiger partial charge in [-0.1, -0.05) is 31.0 Å². The lowest BCUT2D eigenvalue weighted by atomic mass is 10.2. The van der Waals surface area contributed by atoms with Crippen molar-refractivity contribution in [2.24, 2.45) is 0 Å². The standard InChI is InChI=1S/C21H24N2O5S/c24-20(16-28-21(25)17-8-4-3-5-9-17)22-18-10-12-19(13-11-18)29(26,27)23-14-6-1-2-7-15-23/h3-5,8-13H,1-2,6-7,14-16H2,(H,22,24). The molecule has 0 radical (unpaired) electrons. The van der Waals surface area contributed by atoms with Crippen molar-refractivity contribution in [3.05, 3.63) is 60.2 Å². The summed E-state index contributed by atoms with van der Waals surface area (Å²) in [6.07, 6.45) is 3.84. The zero-order chi connectivity index (χ0) is 20.7. The number of nitrogens with one attached hydrogen (secondary N) is 1. The van der Waals surface area contributed by atoms with E-state index in [0.29, 0.717) is 24.3 Å². The van der Waals surface area contributed by atoms with Crippen LogP contribution in [0.3, 0.4) is 0 Å². The van der Waals surface area contributed by atoms with Crippen LogP contribution in [0.2, 0.25) is 0 Å². The van der Waals surface area contributed by atoms with Crippen LogP contribution in [-0.2, 0) is 19.6 Å². The van der Waals surface area contributed by atoms with Crippen molar-refractivity contribution in [2.75, 3.05) is 25.0 Å². The summed E-state index contributed by atoms with van der Waals surface area (Å²) in [7, 11) is -3.53. The van der Waals surface area contributed by atoms with E-state index in [1.54, 1.807) is 30.3 Å². The van der Waals surface area contributed by atoms with Crippen molar-refractivity contribution < 1.29 is 22.7 Å². The number of amides is 1. The minimum Gasteiger partial charge on any atom is -0.452 e. The molecular formula is C21H24N2O5S. The highest BCUT2D eigenvalue weighted by atomic mass is 32.2. The van der Waals surface area contributed by atoms with Gasteiger partial charge in [0.05, 0.1) is 10.5 Å². The average molecular weight is 416 g/mol. The van der Waals surface area contributed by atoms with Gasteiger partial charge in [0.1, 0.15) is 0 Å². The average Bonchev–Trinajstić information content (AvgIpc) is 3.03. The number of rotatable bonds is 6. The molecule has 1 N–H and O–H groups in total. The Morgan fingerprint density at radius 1 is 0.897 bits per heavy atom. The van der Waals surface area contributed by atoms with Gasteiger partial charge in [0.2, 0.25) is 10.0 Å². The third kappa shape index (κ3) is 5.65. The molecule has 3 rings (SSSR count). The number of esters is 1. The first-order valence-corrected chi connectivity index (χ1v) is 11.0. The van der Waals surface area contributed by atoms with Gasteiger partial charge in [0.15, 0.2) is 6.61 Å². The summed E-state index contributed by atoms with van der Waals surface area (Å²) < 4.78 is 32.0. The topological polar surface area (TPSA) is 92.8 Å². The highest BCUT2D eigenvalue weighted by Crippen LogP contribution is 2.21. The monoisotopic (exact) mass is 416 g/mol. The van der Waals surface area contributed by atoms with Gasteiger partial charge >= 0.3 is 5.97 Å². The number of ether oxygens (including phenoxy) is 1. The fourth-order valence-corrected chi connectivity index (χ4v) is 4.64. The summed E-state index contributed by atoms with van der Waals surface area (Å²) in [6, 6.07) is 14.4. The second-order valence-corrected chi connectivity index (χ2v) is 8.77. The van der Waals surface area contributed by atoms with Gasteiger partial charge in [-0.3, -0.25) is 4.79 Å². The molecule has 1 saturated heterocycles. The maximum atomic E-state index is 12.8. The zero-order valence-corrected chi connectivity index (χ0v) is 16.9. The summed E-state index contributed by atoms with van der Waals surface area (Å²) >= 11 is 0. The normalized spacial score (nSPS) is 15.3. The number of benzene rings is 2. The van der Waals surface area contributed by atoms with E-state index in [4.69, 9.17) is 4.74 Å². The molecule has 0 unspecified atom stereocenters. The molecule has 1 aliphatic rings. The second-order valence-electron chi connectivity index (χ2n) is 6.83. The molecule has 29 heavy (non-hydrogen) atoms. The van der Waals surface area contributed by atoms with Crippen LogP contribution in [0.15, 0.2) is 59.5 Å². The fourth-order valence-electron chi connectivity index (χ4n) is 3.13. The molecule has 7 nitrogen and oxygen atoms in total. The molecule has 0 saturated carbocycles. The molecule has 1 amide bonds. The molecule has 2 aromatic carbocycles. The Hall–Kier alpha value is -2.71. The van der Waals surface area contributed by atoms with Crippen molar-refractivity contribution >= 4 is 27.6 Å². The third-order valence-corrected chi connectivity index (χ3v) is 6.60. The summed E-state index contributed by atoms with van der Waals surface area (Å²) in [5.41, 5.74) is 0.795. The van der Waals surface area contributed by atoms with Gasteiger partial charge < -0.3 is 10.1 Å². The summed E-state index contributed by atoms with van der Waals surface area (Å²) in [5, 5.41) is 2.59. The quantitative estimate of drug-likeness (QED) is 0.731. The molecule has 1 fully saturated rings. The molecule has 154 valence electrons. The maximum Gasteiger partial charge on any atom is 0.338 e. The highest BCUT2D eigenvalue weighted by molar-refractivity contribution is 7.89. The minimum absolute atomic E-state index is 0.202. The molecular weight excluding hydrogens is 392 g/mol. The Morgan fingerprint density at radius 3 is 2.14 bits per heavy atom. The van der Waals surface area contributed by atoms with E-state index < -0.39 is 28.5 Å². The summed E-state index contributed by atoms with van der Waals surface area (Å²) in [4.78, 5) is 24.1. The molecule has 0 aliphatic carbocycles. The Morgan fingerprint density at radius 2 is 1.52 bits per heavy atom. The van der Waals surface area contributed by atoms with Crippen molar-refractivity contribution in [3.63, 3.8) is 0 Å². The number of carbonyl (C=O) groups is 2. The lowest BCUT2D eigenvalue weighted by Crippen LogP contribution is -2.31. The summed E-state index contributed by atoms with van der Waals surface area (Å²) in [6.45, 7) is 0.642. The molecule has 0 atom stereocenters. The first-order valence-electron chi connectivity index (χ1n) is 9.59. The first kappa shape index (κ1) is 21.0. The number of hydrogen-bond donors (Lipinski definition) is 1. The Labute approximate surface area is 170 Å². The maximum absolute atomic E-state index is 12.8. The smallest absolute Gasteiger partial charge is 0.338 e. The Bertz CT molecular complexity index is 935. The lowest BCUT2D eigenvalue weighted by molar-refractivity contribution is -0.119. The SMILES string of the molecule is O=C(COC(=O)c1ccccc1)Nc1ccc(S(=O)(=O)N2CCCCCC2)cc1. The molecule has 1 heterocycles. The van der Waals surface area contributed by atoms with Crippen molar-refractivity contribution in [3.8, 4) is 0 Å². The highest BCUT2D eigenvalue weighted by Gasteiger charge is 2.25. The van der Waals surface area contributed by atoms with Crippen LogP contribution in [0.4, 0.5) is 5.69 Å². The molecule has 8 heteroatoms. The van der Waals surface area contributed by atoms with Crippen molar-refractivity contribution in [2.45, 2.75) is 30.6 Å². The van der Waals surface area contributed by atoms with E-state index in [1.165, 1.54) is 28.6 Å². The van der Waals surface area contributed by atoms with Crippen molar-refractivity contribution in [1.29, 1.82) is 0 Å².